The van der Waals surface area contributed by atoms with E-state index in [1.54, 1.807) is 48.5 Å². The second-order valence-corrected chi connectivity index (χ2v) is 5.85. The highest BCUT2D eigenvalue weighted by Gasteiger charge is 2.19. The van der Waals surface area contributed by atoms with Crippen molar-refractivity contribution in [1.82, 2.24) is 10.6 Å². The maximum Gasteiger partial charge on any atom is 0.252 e. The van der Waals surface area contributed by atoms with Crippen molar-refractivity contribution in [2.45, 2.75) is 6.92 Å². The van der Waals surface area contributed by atoms with Crippen LogP contribution in [0.25, 0.3) is 0 Å². The zero-order valence-electron chi connectivity index (χ0n) is 14.3. The Kier molecular flexibility index (Phi) is 6.48. The van der Waals surface area contributed by atoms with Crippen molar-refractivity contribution < 1.29 is 9.59 Å². The fraction of sp³-hybridized carbons (Fsp3) is 0.200. The molecule has 25 heavy (non-hydrogen) atoms. The highest BCUT2D eigenvalue weighted by Crippen LogP contribution is 2.19. The maximum absolute atomic E-state index is 12.8. The van der Waals surface area contributed by atoms with Gasteiger partial charge in [0.15, 0.2) is 5.78 Å². The summed E-state index contributed by atoms with van der Waals surface area (Å²) in [7, 11) is 0. The standard InChI is InChI=1S/C20H23N3O2/c1-14(2)13-22-11-12-23-20(25)16-8-4-3-7-15(16)19(24)17-9-5-6-10-18(17)21/h3-10,22H,1,11-13,21H2,2H3,(H,23,25). The molecular weight excluding hydrogens is 314 g/mol. The van der Waals surface area contributed by atoms with Crippen LogP contribution in [-0.4, -0.2) is 31.3 Å². The number of hydrogen-bond acceptors (Lipinski definition) is 4. The van der Waals surface area contributed by atoms with Gasteiger partial charge in [0.2, 0.25) is 0 Å². The minimum atomic E-state index is -0.282. The maximum atomic E-state index is 12.8. The average Bonchev–Trinajstić information content (AvgIpc) is 2.61. The largest absolute Gasteiger partial charge is 0.398 e. The lowest BCUT2D eigenvalue weighted by atomic mass is 9.97. The minimum absolute atomic E-state index is 0.260. The predicted octanol–water partition coefficient (Wildman–Crippen LogP) is 2.40. The summed E-state index contributed by atoms with van der Waals surface area (Å²) < 4.78 is 0. The van der Waals surface area contributed by atoms with Gasteiger partial charge in [-0.1, -0.05) is 42.5 Å². The number of carbonyl (C=O) groups is 2. The minimum Gasteiger partial charge on any atom is -0.398 e. The fourth-order valence-corrected chi connectivity index (χ4v) is 2.39. The molecular formula is C20H23N3O2. The zero-order valence-corrected chi connectivity index (χ0v) is 14.3. The predicted molar refractivity (Wildman–Crippen MR) is 101 cm³/mol. The molecule has 0 aliphatic rings. The second-order valence-electron chi connectivity index (χ2n) is 5.85. The summed E-state index contributed by atoms with van der Waals surface area (Å²) in [6, 6.07) is 13.6. The van der Waals surface area contributed by atoms with Crippen LogP contribution in [0.4, 0.5) is 5.69 Å². The lowest BCUT2D eigenvalue weighted by Crippen LogP contribution is -2.33. The molecule has 130 valence electrons. The van der Waals surface area contributed by atoms with Crippen molar-refractivity contribution in [2.24, 2.45) is 0 Å². The molecule has 0 aliphatic heterocycles. The van der Waals surface area contributed by atoms with Crippen LogP contribution >= 0.6 is 0 Å². The molecule has 5 nitrogen and oxygen atoms in total. The average molecular weight is 337 g/mol. The topological polar surface area (TPSA) is 84.2 Å². The summed E-state index contributed by atoms with van der Waals surface area (Å²) in [6.45, 7) is 7.53. The molecule has 4 N–H and O–H groups in total. The van der Waals surface area contributed by atoms with E-state index in [4.69, 9.17) is 5.73 Å². The molecule has 2 aromatic rings. The zero-order chi connectivity index (χ0) is 18.2. The Labute approximate surface area is 147 Å². The van der Waals surface area contributed by atoms with Gasteiger partial charge in [0.25, 0.3) is 5.91 Å². The molecule has 1 amide bonds. The molecule has 0 saturated heterocycles. The van der Waals surface area contributed by atoms with Crippen molar-refractivity contribution in [3.8, 4) is 0 Å². The summed E-state index contributed by atoms with van der Waals surface area (Å²) in [4.78, 5) is 25.2. The third-order valence-electron chi connectivity index (χ3n) is 3.64. The third-order valence-corrected chi connectivity index (χ3v) is 3.64. The van der Waals surface area contributed by atoms with E-state index in [9.17, 15) is 9.59 Å². The van der Waals surface area contributed by atoms with Crippen LogP contribution in [0.2, 0.25) is 0 Å². The molecule has 0 unspecified atom stereocenters. The Balaban J connectivity index is 2.10. The summed E-state index contributed by atoms with van der Waals surface area (Å²) in [6.07, 6.45) is 0. The number of nitrogens with one attached hydrogen (secondary N) is 2. The van der Waals surface area contributed by atoms with E-state index in [1.807, 2.05) is 6.92 Å². The van der Waals surface area contributed by atoms with Gasteiger partial charge in [-0.25, -0.2) is 0 Å². The summed E-state index contributed by atoms with van der Waals surface area (Å²) in [5.41, 5.74) is 8.39. The van der Waals surface area contributed by atoms with Gasteiger partial charge >= 0.3 is 0 Å². The highest BCUT2D eigenvalue weighted by molar-refractivity contribution is 6.17. The highest BCUT2D eigenvalue weighted by atomic mass is 16.2. The van der Waals surface area contributed by atoms with E-state index < -0.39 is 0 Å². The summed E-state index contributed by atoms with van der Waals surface area (Å²) in [5.74, 6) is -0.542. The van der Waals surface area contributed by atoms with Gasteiger partial charge in [-0.15, -0.1) is 0 Å². The van der Waals surface area contributed by atoms with Gasteiger partial charge in [-0.3, -0.25) is 9.59 Å². The SMILES string of the molecule is C=C(C)CNCCNC(=O)c1ccccc1C(=O)c1ccccc1N. The van der Waals surface area contributed by atoms with Crippen LogP contribution in [0.5, 0.6) is 0 Å². The first kappa shape index (κ1) is 18.4. The number of carbonyl (C=O) groups excluding carboxylic acids is 2. The molecule has 5 heteroatoms. The van der Waals surface area contributed by atoms with E-state index in [-0.39, 0.29) is 11.7 Å². The summed E-state index contributed by atoms with van der Waals surface area (Å²) >= 11 is 0. The number of nitrogens with two attached hydrogens (primary N) is 1. The number of hydrogen-bond donors (Lipinski definition) is 3. The Hall–Kier alpha value is -2.92. The number of benzene rings is 2. The molecule has 0 heterocycles. The van der Waals surface area contributed by atoms with Gasteiger partial charge < -0.3 is 16.4 Å². The number of anilines is 1. The normalized spacial score (nSPS) is 10.3. The Morgan fingerprint density at radius 3 is 2.20 bits per heavy atom. The Bertz CT molecular complexity index is 784. The molecule has 2 aromatic carbocycles. The fourth-order valence-electron chi connectivity index (χ4n) is 2.39. The second kappa shape index (κ2) is 8.80. The number of amides is 1. The van der Waals surface area contributed by atoms with E-state index in [0.717, 1.165) is 5.57 Å². The van der Waals surface area contributed by atoms with Crippen molar-refractivity contribution in [2.75, 3.05) is 25.4 Å². The number of ketones is 1. The third kappa shape index (κ3) is 5.02. The van der Waals surface area contributed by atoms with Crippen LogP contribution in [0.3, 0.4) is 0 Å². The van der Waals surface area contributed by atoms with Gasteiger partial charge in [0, 0.05) is 36.4 Å². The van der Waals surface area contributed by atoms with E-state index in [1.165, 1.54) is 0 Å². The smallest absolute Gasteiger partial charge is 0.252 e. The molecule has 0 atom stereocenters. The van der Waals surface area contributed by atoms with Gasteiger partial charge in [-0.05, 0) is 25.1 Å². The van der Waals surface area contributed by atoms with Gasteiger partial charge in [0.1, 0.15) is 0 Å². The Morgan fingerprint density at radius 2 is 1.56 bits per heavy atom. The van der Waals surface area contributed by atoms with Crippen LogP contribution in [0.1, 0.15) is 33.2 Å². The molecule has 0 aliphatic carbocycles. The van der Waals surface area contributed by atoms with Crippen LogP contribution in [-0.2, 0) is 0 Å². The number of rotatable bonds is 8. The Morgan fingerprint density at radius 1 is 0.960 bits per heavy atom. The van der Waals surface area contributed by atoms with Crippen molar-refractivity contribution >= 4 is 17.4 Å². The molecule has 0 aromatic heterocycles. The lowest BCUT2D eigenvalue weighted by Gasteiger charge is -2.11. The molecule has 2 rings (SSSR count). The number of para-hydroxylation sites is 1. The van der Waals surface area contributed by atoms with E-state index >= 15 is 0 Å². The first-order chi connectivity index (χ1) is 12.0. The van der Waals surface area contributed by atoms with Crippen LogP contribution < -0.4 is 16.4 Å². The van der Waals surface area contributed by atoms with Gasteiger partial charge in [0.05, 0.1) is 5.56 Å². The van der Waals surface area contributed by atoms with E-state index in [2.05, 4.69) is 17.2 Å². The number of nitrogen functional groups attached to an aromatic ring is 1. The molecule has 0 bridgehead atoms. The van der Waals surface area contributed by atoms with Crippen LogP contribution in [0, 0.1) is 0 Å². The first-order valence-corrected chi connectivity index (χ1v) is 8.12. The molecule has 0 fully saturated rings. The van der Waals surface area contributed by atoms with E-state index in [0.29, 0.717) is 42.0 Å². The molecule has 0 radical (unpaired) electrons. The lowest BCUT2D eigenvalue weighted by molar-refractivity contribution is 0.0942. The van der Waals surface area contributed by atoms with Crippen molar-refractivity contribution in [1.29, 1.82) is 0 Å². The first-order valence-electron chi connectivity index (χ1n) is 8.12. The monoisotopic (exact) mass is 337 g/mol. The quantitative estimate of drug-likeness (QED) is 0.299. The van der Waals surface area contributed by atoms with Gasteiger partial charge in [-0.2, -0.15) is 0 Å². The summed E-state index contributed by atoms with van der Waals surface area (Å²) in [5, 5.41) is 5.98. The van der Waals surface area contributed by atoms with Crippen molar-refractivity contribution in [3.63, 3.8) is 0 Å². The molecule has 0 saturated carbocycles. The van der Waals surface area contributed by atoms with Crippen molar-refractivity contribution in [3.05, 3.63) is 77.4 Å². The molecule has 0 spiro atoms. The van der Waals surface area contributed by atoms with Crippen LogP contribution in [0.15, 0.2) is 60.7 Å².